The Labute approximate surface area is 157 Å². The molecule has 2 aliphatic rings. The lowest BCUT2D eigenvalue weighted by atomic mass is 9.71. The summed E-state index contributed by atoms with van der Waals surface area (Å²) in [5, 5.41) is 0. The van der Waals surface area contributed by atoms with Gasteiger partial charge in [-0.1, -0.05) is 48.5 Å². The molecule has 0 saturated heterocycles. The molecule has 0 fully saturated rings. The van der Waals surface area contributed by atoms with E-state index in [1.807, 2.05) is 56.3 Å². The van der Waals surface area contributed by atoms with Crippen molar-refractivity contribution in [3.63, 3.8) is 0 Å². The molecule has 0 radical (unpaired) electrons. The molecule has 3 aromatic rings. The highest BCUT2D eigenvalue weighted by Gasteiger charge is 2.60. The van der Waals surface area contributed by atoms with Gasteiger partial charge < -0.3 is 9.47 Å². The first kappa shape index (κ1) is 16.1. The zero-order valence-corrected chi connectivity index (χ0v) is 15.2. The Morgan fingerprint density at radius 2 is 1.41 bits per heavy atom. The van der Waals surface area contributed by atoms with Crippen LogP contribution in [0.1, 0.15) is 30.5 Å². The molecular formula is C24H19FO2. The molecule has 3 heteroatoms. The molecule has 0 aromatic heterocycles. The molecule has 2 aliphatic heterocycles. The topological polar surface area (TPSA) is 18.5 Å². The fourth-order valence-corrected chi connectivity index (χ4v) is 4.25. The Kier molecular flexibility index (Phi) is 3.26. The van der Waals surface area contributed by atoms with Gasteiger partial charge in [-0.25, -0.2) is 4.39 Å². The smallest absolute Gasteiger partial charge is 0.202 e. The zero-order chi connectivity index (χ0) is 18.6. The molecule has 0 bridgehead atoms. The maximum atomic E-state index is 13.6. The van der Waals surface area contributed by atoms with E-state index in [-0.39, 0.29) is 5.82 Å². The molecule has 1 spiro atoms. The fourth-order valence-electron chi connectivity index (χ4n) is 4.25. The summed E-state index contributed by atoms with van der Waals surface area (Å²) >= 11 is 0. The van der Waals surface area contributed by atoms with Crippen LogP contribution in [0.15, 0.2) is 72.8 Å². The molecule has 2 heterocycles. The minimum Gasteiger partial charge on any atom is -0.482 e. The highest BCUT2D eigenvalue weighted by Crippen LogP contribution is 2.59. The predicted molar refractivity (Wildman–Crippen MR) is 104 cm³/mol. The predicted octanol–water partition coefficient (Wildman–Crippen LogP) is 5.83. The first-order valence-corrected chi connectivity index (χ1v) is 9.06. The van der Waals surface area contributed by atoms with Gasteiger partial charge in [0.2, 0.25) is 5.60 Å². The van der Waals surface area contributed by atoms with Gasteiger partial charge in [0.05, 0.1) is 0 Å². The summed E-state index contributed by atoms with van der Waals surface area (Å²) in [7, 11) is 0. The lowest BCUT2D eigenvalue weighted by molar-refractivity contribution is -0.0337. The second kappa shape index (κ2) is 5.46. The van der Waals surface area contributed by atoms with E-state index < -0.39 is 11.2 Å². The van der Waals surface area contributed by atoms with Crippen LogP contribution in [0.25, 0.3) is 11.6 Å². The second-order valence-corrected chi connectivity index (χ2v) is 7.49. The van der Waals surface area contributed by atoms with Crippen molar-refractivity contribution in [1.29, 1.82) is 0 Å². The van der Waals surface area contributed by atoms with Crippen LogP contribution in [-0.2, 0) is 5.60 Å². The summed E-state index contributed by atoms with van der Waals surface area (Å²) in [6.07, 6.45) is 2.14. The number of hydrogen-bond donors (Lipinski definition) is 0. The highest BCUT2D eigenvalue weighted by atomic mass is 19.1. The SMILES string of the molecule is CC1(C)Oc2ccccc2C12Oc1ccccc1C=C2c1ccc(F)cc1. The van der Waals surface area contributed by atoms with Crippen molar-refractivity contribution in [2.24, 2.45) is 0 Å². The second-order valence-electron chi connectivity index (χ2n) is 7.49. The average Bonchev–Trinajstić information content (AvgIpc) is 2.89. The van der Waals surface area contributed by atoms with Crippen LogP contribution in [0.2, 0.25) is 0 Å². The lowest BCUT2D eigenvalue weighted by Crippen LogP contribution is -2.52. The van der Waals surface area contributed by atoms with Gasteiger partial charge in [0.1, 0.15) is 17.3 Å². The fraction of sp³-hybridized carbons (Fsp3) is 0.167. The Morgan fingerprint density at radius 3 is 2.19 bits per heavy atom. The summed E-state index contributed by atoms with van der Waals surface area (Å²) < 4.78 is 26.6. The van der Waals surface area contributed by atoms with Gasteiger partial charge in [0, 0.05) is 16.7 Å². The molecule has 1 unspecified atom stereocenters. The van der Waals surface area contributed by atoms with Crippen molar-refractivity contribution in [2.75, 3.05) is 0 Å². The van der Waals surface area contributed by atoms with Crippen LogP contribution < -0.4 is 9.47 Å². The first-order valence-electron chi connectivity index (χ1n) is 9.06. The maximum Gasteiger partial charge on any atom is 0.202 e. The van der Waals surface area contributed by atoms with Crippen LogP contribution in [0.5, 0.6) is 11.5 Å². The van der Waals surface area contributed by atoms with E-state index in [2.05, 4.69) is 12.1 Å². The lowest BCUT2D eigenvalue weighted by Gasteiger charge is -2.44. The molecule has 27 heavy (non-hydrogen) atoms. The molecule has 0 N–H and O–H groups in total. The van der Waals surface area contributed by atoms with E-state index in [1.54, 1.807) is 12.1 Å². The average molecular weight is 358 g/mol. The monoisotopic (exact) mass is 358 g/mol. The van der Waals surface area contributed by atoms with E-state index in [9.17, 15) is 4.39 Å². The van der Waals surface area contributed by atoms with Gasteiger partial charge in [-0.3, -0.25) is 0 Å². The first-order chi connectivity index (χ1) is 13.0. The molecule has 3 aromatic carbocycles. The van der Waals surface area contributed by atoms with E-state index in [0.717, 1.165) is 33.8 Å². The molecule has 0 aliphatic carbocycles. The summed E-state index contributed by atoms with van der Waals surface area (Å²) in [4.78, 5) is 0. The van der Waals surface area contributed by atoms with Gasteiger partial charge in [0.25, 0.3) is 0 Å². The van der Waals surface area contributed by atoms with Crippen molar-refractivity contribution in [2.45, 2.75) is 25.0 Å². The standard InChI is InChI=1S/C24H19FO2/c1-23(2)24(19-8-4-6-10-22(19)26-23)20(16-11-13-18(25)14-12-16)15-17-7-3-5-9-21(17)27-24/h3-15H,1-2H3. The van der Waals surface area contributed by atoms with Crippen molar-refractivity contribution in [3.8, 4) is 11.5 Å². The van der Waals surface area contributed by atoms with Gasteiger partial charge in [0.15, 0.2) is 5.60 Å². The minimum atomic E-state index is -0.824. The van der Waals surface area contributed by atoms with Gasteiger partial charge in [-0.05, 0) is 49.8 Å². The minimum absolute atomic E-state index is 0.257. The largest absolute Gasteiger partial charge is 0.482 e. The molecule has 0 amide bonds. The highest BCUT2D eigenvalue weighted by molar-refractivity contribution is 5.92. The van der Waals surface area contributed by atoms with Crippen molar-refractivity contribution >= 4 is 11.6 Å². The Balaban J connectivity index is 1.84. The Morgan fingerprint density at radius 1 is 0.741 bits per heavy atom. The normalized spacial score (nSPS) is 21.7. The molecule has 5 rings (SSSR count). The number of rotatable bonds is 1. The third kappa shape index (κ3) is 2.18. The molecule has 0 saturated carbocycles. The third-order valence-electron chi connectivity index (χ3n) is 5.50. The summed E-state index contributed by atoms with van der Waals surface area (Å²) in [6, 6.07) is 22.5. The van der Waals surface area contributed by atoms with Crippen molar-refractivity contribution < 1.29 is 13.9 Å². The summed E-state index contributed by atoms with van der Waals surface area (Å²) in [5.74, 6) is 1.37. The number of para-hydroxylation sites is 2. The molecule has 1 atom stereocenters. The van der Waals surface area contributed by atoms with Crippen LogP contribution >= 0.6 is 0 Å². The number of ether oxygens (including phenoxy) is 2. The Bertz CT molecular complexity index is 1070. The van der Waals surface area contributed by atoms with E-state index in [4.69, 9.17) is 9.47 Å². The summed E-state index contributed by atoms with van der Waals surface area (Å²) in [6.45, 7) is 4.08. The maximum absolute atomic E-state index is 13.6. The zero-order valence-electron chi connectivity index (χ0n) is 15.2. The van der Waals surface area contributed by atoms with E-state index >= 15 is 0 Å². The molecule has 2 nitrogen and oxygen atoms in total. The Hall–Kier alpha value is -3.07. The van der Waals surface area contributed by atoms with Crippen molar-refractivity contribution in [3.05, 3.63) is 95.3 Å². The van der Waals surface area contributed by atoms with Gasteiger partial charge >= 0.3 is 0 Å². The third-order valence-corrected chi connectivity index (χ3v) is 5.50. The van der Waals surface area contributed by atoms with Gasteiger partial charge in [-0.2, -0.15) is 0 Å². The molecule has 134 valence electrons. The van der Waals surface area contributed by atoms with Crippen molar-refractivity contribution in [1.82, 2.24) is 0 Å². The van der Waals surface area contributed by atoms with Gasteiger partial charge in [-0.15, -0.1) is 0 Å². The summed E-state index contributed by atoms with van der Waals surface area (Å²) in [5.41, 5.74) is 2.40. The molecular weight excluding hydrogens is 339 g/mol. The van der Waals surface area contributed by atoms with Crippen LogP contribution in [0.4, 0.5) is 4.39 Å². The van der Waals surface area contributed by atoms with E-state index in [0.29, 0.717) is 0 Å². The van der Waals surface area contributed by atoms with Crippen LogP contribution in [-0.4, -0.2) is 5.60 Å². The number of hydrogen-bond acceptors (Lipinski definition) is 2. The number of halogens is 1. The van der Waals surface area contributed by atoms with E-state index in [1.165, 1.54) is 12.1 Å². The quantitative estimate of drug-likeness (QED) is 0.545. The number of fused-ring (bicyclic) bond motifs is 3. The van der Waals surface area contributed by atoms with Crippen LogP contribution in [0, 0.1) is 5.82 Å². The number of benzene rings is 3. The van der Waals surface area contributed by atoms with Crippen LogP contribution in [0.3, 0.4) is 0 Å².